The van der Waals surface area contributed by atoms with Crippen molar-refractivity contribution in [3.05, 3.63) is 29.0 Å². The van der Waals surface area contributed by atoms with Gasteiger partial charge in [0.1, 0.15) is 0 Å². The average Bonchev–Trinajstić information content (AvgIpc) is 2.26. The van der Waals surface area contributed by atoms with Gasteiger partial charge in [-0.1, -0.05) is 11.6 Å². The van der Waals surface area contributed by atoms with Gasteiger partial charge in [-0.05, 0) is 13.0 Å². The van der Waals surface area contributed by atoms with Crippen LogP contribution in [0, 0.1) is 0 Å². The predicted molar refractivity (Wildman–Crippen MR) is 59.9 cm³/mol. The van der Waals surface area contributed by atoms with E-state index in [1.165, 1.54) is 6.20 Å². The second-order valence-electron chi connectivity index (χ2n) is 3.36. The van der Waals surface area contributed by atoms with Crippen molar-refractivity contribution in [3.63, 3.8) is 0 Å². The molecule has 1 unspecified atom stereocenters. The van der Waals surface area contributed by atoms with E-state index in [0.717, 1.165) is 0 Å². The van der Waals surface area contributed by atoms with Gasteiger partial charge in [-0.25, -0.2) is 0 Å². The minimum Gasteiger partial charge on any atom is -0.338 e. The van der Waals surface area contributed by atoms with Crippen molar-refractivity contribution < 1.29 is 4.79 Å². The number of nitrogens with zero attached hydrogens (tertiary/aromatic N) is 2. The Morgan fingerprint density at radius 3 is 2.93 bits per heavy atom. The molecule has 0 radical (unpaired) electrons. The Morgan fingerprint density at radius 2 is 2.40 bits per heavy atom. The number of pyridine rings is 1. The molecular weight excluding hydrogens is 214 g/mol. The maximum Gasteiger partial charge on any atom is 0.255 e. The van der Waals surface area contributed by atoms with E-state index in [2.05, 4.69) is 4.98 Å². The molecule has 2 N–H and O–H groups in total. The highest BCUT2D eigenvalue weighted by Gasteiger charge is 2.18. The van der Waals surface area contributed by atoms with Gasteiger partial charge in [-0.15, -0.1) is 0 Å². The Bertz CT molecular complexity index is 356. The predicted octanol–water partition coefficient (Wildman–Crippen LogP) is 1.15. The highest BCUT2D eigenvalue weighted by molar-refractivity contribution is 6.33. The molecule has 0 saturated carbocycles. The van der Waals surface area contributed by atoms with Crippen molar-refractivity contribution >= 4 is 17.5 Å². The summed E-state index contributed by atoms with van der Waals surface area (Å²) < 4.78 is 0. The van der Waals surface area contributed by atoms with Crippen molar-refractivity contribution in [2.45, 2.75) is 13.0 Å². The summed E-state index contributed by atoms with van der Waals surface area (Å²) in [5.74, 6) is -0.139. The Hall–Kier alpha value is -1.13. The Kier molecular flexibility index (Phi) is 4.05. The molecule has 4 nitrogen and oxygen atoms in total. The summed E-state index contributed by atoms with van der Waals surface area (Å²) in [5.41, 5.74) is 5.94. The summed E-state index contributed by atoms with van der Waals surface area (Å²) in [7, 11) is 1.70. The van der Waals surface area contributed by atoms with Gasteiger partial charge in [0, 0.05) is 32.0 Å². The first kappa shape index (κ1) is 11.9. The normalized spacial score (nSPS) is 12.3. The quantitative estimate of drug-likeness (QED) is 0.843. The summed E-state index contributed by atoms with van der Waals surface area (Å²) in [5, 5.41) is 0.360. The van der Waals surface area contributed by atoms with E-state index in [0.29, 0.717) is 17.1 Å². The Morgan fingerprint density at radius 1 is 1.73 bits per heavy atom. The first-order valence-electron chi connectivity index (χ1n) is 4.64. The standard InChI is InChI=1S/C10H14ClN3O/c1-7(5-12)14(2)10(15)8-3-4-13-6-9(8)11/h3-4,6-7H,5,12H2,1-2H3. The number of hydrogen-bond acceptors (Lipinski definition) is 3. The van der Waals surface area contributed by atoms with Crippen LogP contribution in [0.3, 0.4) is 0 Å². The molecule has 0 spiro atoms. The fourth-order valence-corrected chi connectivity index (χ4v) is 1.30. The fourth-order valence-electron chi connectivity index (χ4n) is 1.10. The van der Waals surface area contributed by atoms with E-state index >= 15 is 0 Å². The lowest BCUT2D eigenvalue weighted by Crippen LogP contribution is -2.39. The molecule has 0 saturated heterocycles. The van der Waals surface area contributed by atoms with Crippen LogP contribution in [0.15, 0.2) is 18.5 Å². The van der Waals surface area contributed by atoms with Gasteiger partial charge in [0.25, 0.3) is 5.91 Å². The highest BCUT2D eigenvalue weighted by Crippen LogP contribution is 2.15. The Balaban J connectivity index is 2.90. The lowest BCUT2D eigenvalue weighted by molar-refractivity contribution is 0.0748. The third-order valence-corrected chi connectivity index (χ3v) is 2.63. The largest absolute Gasteiger partial charge is 0.338 e. The number of carbonyl (C=O) groups excluding carboxylic acids is 1. The zero-order valence-electron chi connectivity index (χ0n) is 8.77. The molecule has 1 atom stereocenters. The van der Waals surface area contributed by atoms with Crippen LogP contribution >= 0.6 is 11.6 Å². The second kappa shape index (κ2) is 5.09. The van der Waals surface area contributed by atoms with Gasteiger partial charge in [0.05, 0.1) is 10.6 Å². The van der Waals surface area contributed by atoms with Gasteiger partial charge in [-0.2, -0.15) is 0 Å². The third-order valence-electron chi connectivity index (χ3n) is 2.33. The molecule has 1 aromatic heterocycles. The Labute approximate surface area is 94.0 Å². The van der Waals surface area contributed by atoms with E-state index in [9.17, 15) is 4.79 Å². The van der Waals surface area contributed by atoms with Gasteiger partial charge >= 0.3 is 0 Å². The molecule has 0 bridgehead atoms. The number of rotatable bonds is 3. The second-order valence-corrected chi connectivity index (χ2v) is 3.76. The van der Waals surface area contributed by atoms with Crippen LogP contribution in [-0.2, 0) is 0 Å². The van der Waals surface area contributed by atoms with Crippen molar-refractivity contribution in [2.75, 3.05) is 13.6 Å². The number of hydrogen-bond donors (Lipinski definition) is 1. The number of amides is 1. The maximum atomic E-state index is 11.9. The van der Waals surface area contributed by atoms with Crippen molar-refractivity contribution in [1.82, 2.24) is 9.88 Å². The van der Waals surface area contributed by atoms with Crippen LogP contribution in [0.25, 0.3) is 0 Å². The van der Waals surface area contributed by atoms with Crippen molar-refractivity contribution in [3.8, 4) is 0 Å². The summed E-state index contributed by atoms with van der Waals surface area (Å²) in [6.07, 6.45) is 3.00. The van der Waals surface area contributed by atoms with Crippen LogP contribution in [0.2, 0.25) is 5.02 Å². The maximum absolute atomic E-state index is 11.9. The highest BCUT2D eigenvalue weighted by atomic mass is 35.5. The molecule has 1 rings (SSSR count). The summed E-state index contributed by atoms with van der Waals surface area (Å²) in [6.45, 7) is 2.30. The van der Waals surface area contributed by atoms with Crippen LogP contribution < -0.4 is 5.73 Å². The molecular formula is C10H14ClN3O. The van der Waals surface area contributed by atoms with E-state index < -0.39 is 0 Å². The monoisotopic (exact) mass is 227 g/mol. The molecule has 82 valence electrons. The smallest absolute Gasteiger partial charge is 0.255 e. The van der Waals surface area contributed by atoms with Crippen molar-refractivity contribution in [1.29, 1.82) is 0 Å². The minimum absolute atomic E-state index is 0.0123. The lowest BCUT2D eigenvalue weighted by Gasteiger charge is -2.23. The zero-order chi connectivity index (χ0) is 11.4. The van der Waals surface area contributed by atoms with E-state index in [1.807, 2.05) is 6.92 Å². The molecule has 0 aliphatic carbocycles. The van der Waals surface area contributed by atoms with Crippen LogP contribution in [-0.4, -0.2) is 35.4 Å². The fraction of sp³-hybridized carbons (Fsp3) is 0.400. The van der Waals surface area contributed by atoms with Crippen LogP contribution in [0.5, 0.6) is 0 Å². The van der Waals surface area contributed by atoms with E-state index in [1.54, 1.807) is 24.2 Å². The van der Waals surface area contributed by atoms with Gasteiger partial charge in [-0.3, -0.25) is 9.78 Å². The molecule has 1 aromatic rings. The molecule has 0 fully saturated rings. The summed E-state index contributed by atoms with van der Waals surface area (Å²) >= 11 is 5.87. The van der Waals surface area contributed by atoms with E-state index in [4.69, 9.17) is 17.3 Å². The number of likely N-dealkylation sites (N-methyl/N-ethyl adjacent to an activating group) is 1. The first-order chi connectivity index (χ1) is 7.07. The topological polar surface area (TPSA) is 59.2 Å². The number of halogens is 1. The SMILES string of the molecule is CC(CN)N(C)C(=O)c1ccncc1Cl. The summed E-state index contributed by atoms with van der Waals surface area (Å²) in [6, 6.07) is 1.59. The van der Waals surface area contributed by atoms with Crippen molar-refractivity contribution in [2.24, 2.45) is 5.73 Å². The minimum atomic E-state index is -0.139. The molecule has 0 aliphatic heterocycles. The number of nitrogens with two attached hydrogens (primary N) is 1. The third kappa shape index (κ3) is 2.67. The molecule has 0 aromatic carbocycles. The molecule has 5 heteroatoms. The summed E-state index contributed by atoms with van der Waals surface area (Å²) in [4.78, 5) is 17.3. The van der Waals surface area contributed by atoms with Crippen LogP contribution in [0.1, 0.15) is 17.3 Å². The number of aromatic nitrogens is 1. The van der Waals surface area contributed by atoms with Gasteiger partial charge < -0.3 is 10.6 Å². The van der Waals surface area contributed by atoms with Crippen LogP contribution in [0.4, 0.5) is 0 Å². The van der Waals surface area contributed by atoms with Gasteiger partial charge in [0.15, 0.2) is 0 Å². The number of carbonyl (C=O) groups is 1. The molecule has 15 heavy (non-hydrogen) atoms. The first-order valence-corrected chi connectivity index (χ1v) is 5.02. The molecule has 0 aliphatic rings. The molecule has 1 heterocycles. The lowest BCUT2D eigenvalue weighted by atomic mass is 10.2. The molecule has 1 amide bonds. The zero-order valence-corrected chi connectivity index (χ0v) is 9.53. The van der Waals surface area contributed by atoms with E-state index in [-0.39, 0.29) is 11.9 Å². The average molecular weight is 228 g/mol. The van der Waals surface area contributed by atoms with Gasteiger partial charge in [0.2, 0.25) is 0 Å².